The van der Waals surface area contributed by atoms with Crippen LogP contribution in [0.15, 0.2) is 48.5 Å². The van der Waals surface area contributed by atoms with Crippen molar-refractivity contribution >= 4 is 16.8 Å². The zero-order valence-corrected chi connectivity index (χ0v) is 12.7. The van der Waals surface area contributed by atoms with Crippen LogP contribution < -0.4 is 0 Å². The Balaban J connectivity index is 1.53. The highest BCUT2D eigenvalue weighted by Crippen LogP contribution is 2.27. The molecule has 1 aliphatic heterocycles. The molecule has 4 heteroatoms. The highest BCUT2D eigenvalue weighted by Gasteiger charge is 2.23. The van der Waals surface area contributed by atoms with Crippen LogP contribution in [0.25, 0.3) is 10.9 Å². The summed E-state index contributed by atoms with van der Waals surface area (Å²) in [5.74, 6) is -0.192. The molecule has 1 aliphatic rings. The Kier molecular flexibility index (Phi) is 3.37. The molecule has 23 heavy (non-hydrogen) atoms. The molecule has 2 aromatic carbocycles. The lowest BCUT2D eigenvalue weighted by atomic mass is 10.0. The number of nitrogens with zero attached hydrogens (tertiary/aromatic N) is 1. The quantitative estimate of drug-likeness (QED) is 0.773. The molecule has 116 valence electrons. The Morgan fingerprint density at radius 2 is 1.91 bits per heavy atom. The van der Waals surface area contributed by atoms with Gasteiger partial charge in [-0.1, -0.05) is 30.3 Å². The normalized spacial score (nSPS) is 14.0. The Bertz CT molecular complexity index is 867. The van der Waals surface area contributed by atoms with Crippen molar-refractivity contribution < 1.29 is 9.18 Å². The number of nitrogens with one attached hydrogen (secondary N) is 1. The van der Waals surface area contributed by atoms with Crippen LogP contribution in [0.3, 0.4) is 0 Å². The number of fused-ring (bicyclic) bond motifs is 3. The molecule has 0 bridgehead atoms. The van der Waals surface area contributed by atoms with Gasteiger partial charge in [0.05, 0.1) is 13.0 Å². The second-order valence-electron chi connectivity index (χ2n) is 6.00. The molecule has 0 spiro atoms. The minimum atomic E-state index is -0.276. The molecule has 1 amide bonds. The zero-order valence-electron chi connectivity index (χ0n) is 12.7. The molecule has 1 aromatic heterocycles. The lowest BCUT2D eigenvalue weighted by Gasteiger charge is -2.27. The fourth-order valence-corrected chi connectivity index (χ4v) is 3.29. The molecule has 0 saturated heterocycles. The Labute approximate surface area is 133 Å². The van der Waals surface area contributed by atoms with Gasteiger partial charge in [0, 0.05) is 23.1 Å². The smallest absolute Gasteiger partial charge is 0.227 e. The number of hydrogen-bond donors (Lipinski definition) is 1. The number of amides is 1. The zero-order chi connectivity index (χ0) is 15.8. The minimum absolute atomic E-state index is 0.0842. The molecule has 3 aromatic rings. The maximum absolute atomic E-state index is 12.9. The lowest BCUT2D eigenvalue weighted by Crippen LogP contribution is -2.36. The summed E-state index contributed by atoms with van der Waals surface area (Å²) in [6.07, 6.45) is 1.18. The van der Waals surface area contributed by atoms with Gasteiger partial charge in [-0.15, -0.1) is 0 Å². The van der Waals surface area contributed by atoms with Gasteiger partial charge in [-0.25, -0.2) is 4.39 Å². The molecule has 2 heterocycles. The van der Waals surface area contributed by atoms with Crippen LogP contribution in [0.1, 0.15) is 16.8 Å². The summed E-state index contributed by atoms with van der Waals surface area (Å²) in [5, 5.41) is 1.26. The first-order valence-corrected chi connectivity index (χ1v) is 7.81. The van der Waals surface area contributed by atoms with E-state index in [9.17, 15) is 9.18 Å². The molecule has 0 radical (unpaired) electrons. The number of carbonyl (C=O) groups is 1. The molecule has 0 saturated carbocycles. The third kappa shape index (κ3) is 2.61. The molecule has 4 rings (SSSR count). The molecule has 0 fully saturated rings. The summed E-state index contributed by atoms with van der Waals surface area (Å²) in [6, 6.07) is 14.4. The van der Waals surface area contributed by atoms with Gasteiger partial charge < -0.3 is 9.88 Å². The van der Waals surface area contributed by atoms with Crippen molar-refractivity contribution in [3.63, 3.8) is 0 Å². The average Bonchev–Trinajstić information content (AvgIpc) is 2.94. The summed E-state index contributed by atoms with van der Waals surface area (Å²) in [6.45, 7) is 1.35. The van der Waals surface area contributed by atoms with Gasteiger partial charge in [0.25, 0.3) is 0 Å². The summed E-state index contributed by atoms with van der Waals surface area (Å²) in [4.78, 5) is 17.8. The number of aromatic amines is 1. The van der Waals surface area contributed by atoms with Gasteiger partial charge >= 0.3 is 0 Å². The van der Waals surface area contributed by atoms with Crippen molar-refractivity contribution in [2.45, 2.75) is 19.4 Å². The van der Waals surface area contributed by atoms with E-state index < -0.39 is 0 Å². The van der Waals surface area contributed by atoms with Crippen molar-refractivity contribution in [1.82, 2.24) is 9.88 Å². The van der Waals surface area contributed by atoms with Gasteiger partial charge in [-0.3, -0.25) is 4.79 Å². The fraction of sp³-hybridized carbons (Fsp3) is 0.211. The highest BCUT2D eigenvalue weighted by molar-refractivity contribution is 5.86. The average molecular weight is 308 g/mol. The first-order valence-electron chi connectivity index (χ1n) is 7.81. The molecular weight excluding hydrogens is 291 g/mol. The number of aromatic nitrogens is 1. The van der Waals surface area contributed by atoms with E-state index in [4.69, 9.17) is 0 Å². The van der Waals surface area contributed by atoms with Crippen molar-refractivity contribution in [1.29, 1.82) is 0 Å². The topological polar surface area (TPSA) is 36.1 Å². The molecule has 0 unspecified atom stereocenters. The van der Waals surface area contributed by atoms with E-state index in [-0.39, 0.29) is 11.7 Å². The second-order valence-corrected chi connectivity index (χ2v) is 6.00. The standard InChI is InChI=1S/C19H17FN2O/c20-14-7-5-13(6-8-14)11-19(23)22-10-9-16-15-3-1-2-4-17(15)21-18(16)12-22/h1-8,21H,9-12H2. The van der Waals surface area contributed by atoms with Crippen molar-refractivity contribution in [3.8, 4) is 0 Å². The summed E-state index contributed by atoms with van der Waals surface area (Å²) in [5.41, 5.74) is 4.43. The largest absolute Gasteiger partial charge is 0.357 e. The van der Waals surface area contributed by atoms with E-state index in [0.29, 0.717) is 13.0 Å². The number of rotatable bonds is 2. The Morgan fingerprint density at radius 3 is 2.74 bits per heavy atom. The van der Waals surface area contributed by atoms with Crippen LogP contribution in [0.2, 0.25) is 0 Å². The van der Waals surface area contributed by atoms with Gasteiger partial charge in [0.2, 0.25) is 5.91 Å². The predicted molar refractivity (Wildman–Crippen MR) is 87.5 cm³/mol. The van der Waals surface area contributed by atoms with E-state index in [0.717, 1.165) is 29.7 Å². The SMILES string of the molecule is O=C(Cc1ccc(F)cc1)N1CCc2c([nH]c3ccccc23)C1. The summed E-state index contributed by atoms with van der Waals surface area (Å²) < 4.78 is 12.9. The van der Waals surface area contributed by atoms with Crippen LogP contribution in [0.5, 0.6) is 0 Å². The monoisotopic (exact) mass is 308 g/mol. The van der Waals surface area contributed by atoms with E-state index in [1.165, 1.54) is 23.1 Å². The first-order chi connectivity index (χ1) is 11.2. The fourth-order valence-electron chi connectivity index (χ4n) is 3.29. The minimum Gasteiger partial charge on any atom is -0.357 e. The van der Waals surface area contributed by atoms with Gasteiger partial charge in [-0.2, -0.15) is 0 Å². The molecule has 3 nitrogen and oxygen atoms in total. The molecular formula is C19H17FN2O. The van der Waals surface area contributed by atoms with Crippen LogP contribution in [0, 0.1) is 5.82 Å². The van der Waals surface area contributed by atoms with Crippen molar-refractivity contribution in [2.24, 2.45) is 0 Å². The molecule has 1 N–H and O–H groups in total. The second kappa shape index (κ2) is 5.54. The van der Waals surface area contributed by atoms with Crippen LogP contribution >= 0.6 is 0 Å². The first kappa shape index (κ1) is 14.0. The Hall–Kier alpha value is -2.62. The maximum Gasteiger partial charge on any atom is 0.227 e. The Morgan fingerprint density at radius 1 is 1.13 bits per heavy atom. The van der Waals surface area contributed by atoms with E-state index >= 15 is 0 Å². The van der Waals surface area contributed by atoms with Gasteiger partial charge in [-0.05, 0) is 35.7 Å². The van der Waals surface area contributed by atoms with Gasteiger partial charge in [0.15, 0.2) is 0 Å². The maximum atomic E-state index is 12.9. The van der Waals surface area contributed by atoms with Crippen molar-refractivity contribution in [3.05, 3.63) is 71.2 Å². The number of para-hydroxylation sites is 1. The number of carbonyl (C=O) groups excluding carboxylic acids is 1. The number of H-pyrrole nitrogens is 1. The van der Waals surface area contributed by atoms with E-state index in [1.54, 1.807) is 12.1 Å². The number of halogens is 1. The number of benzene rings is 2. The summed E-state index contributed by atoms with van der Waals surface area (Å²) >= 11 is 0. The molecule has 0 atom stereocenters. The number of hydrogen-bond acceptors (Lipinski definition) is 1. The third-order valence-corrected chi connectivity index (χ3v) is 4.50. The molecule has 0 aliphatic carbocycles. The van der Waals surface area contributed by atoms with Crippen LogP contribution in [-0.4, -0.2) is 22.3 Å². The van der Waals surface area contributed by atoms with E-state index in [1.807, 2.05) is 17.0 Å². The van der Waals surface area contributed by atoms with E-state index in [2.05, 4.69) is 17.1 Å². The third-order valence-electron chi connectivity index (χ3n) is 4.50. The lowest BCUT2D eigenvalue weighted by molar-refractivity contribution is -0.131. The van der Waals surface area contributed by atoms with Gasteiger partial charge in [0.1, 0.15) is 5.82 Å². The van der Waals surface area contributed by atoms with Crippen LogP contribution in [-0.2, 0) is 24.2 Å². The van der Waals surface area contributed by atoms with Crippen LogP contribution in [0.4, 0.5) is 4.39 Å². The predicted octanol–water partition coefficient (Wildman–Crippen LogP) is 3.43. The van der Waals surface area contributed by atoms with Crippen molar-refractivity contribution in [2.75, 3.05) is 6.54 Å². The highest BCUT2D eigenvalue weighted by atomic mass is 19.1. The summed E-state index contributed by atoms with van der Waals surface area (Å²) in [7, 11) is 0.